The molecule has 1 atom stereocenters. The molecule has 28 heavy (non-hydrogen) atoms. The summed E-state index contributed by atoms with van der Waals surface area (Å²) in [4.78, 5) is 32.2. The minimum Gasteiger partial charge on any atom is -0.466 e. The van der Waals surface area contributed by atoms with Crippen molar-refractivity contribution in [3.63, 3.8) is 0 Å². The van der Waals surface area contributed by atoms with Gasteiger partial charge in [-0.05, 0) is 24.3 Å². The van der Waals surface area contributed by atoms with Crippen LogP contribution in [0.25, 0.3) is 0 Å². The molecule has 0 aliphatic rings. The van der Waals surface area contributed by atoms with E-state index in [2.05, 4.69) is 15.3 Å². The third kappa shape index (κ3) is 4.67. The van der Waals surface area contributed by atoms with Crippen LogP contribution in [0, 0.1) is 5.82 Å². The molecule has 1 amide bonds. The minimum absolute atomic E-state index is 0.0856. The van der Waals surface area contributed by atoms with Crippen LogP contribution in [0.1, 0.15) is 22.0 Å². The first-order valence-corrected chi connectivity index (χ1v) is 8.25. The fourth-order valence-electron chi connectivity index (χ4n) is 2.32. The van der Waals surface area contributed by atoms with E-state index in [1.54, 1.807) is 24.3 Å². The number of aromatic nitrogens is 2. The normalized spacial score (nSPS) is 11.4. The number of hydrogen-bond acceptors (Lipinski definition) is 6. The van der Waals surface area contributed by atoms with Crippen LogP contribution < -0.4 is 10.1 Å². The number of benzene rings is 2. The molecule has 1 aromatic heterocycles. The number of esters is 1. The van der Waals surface area contributed by atoms with E-state index in [1.165, 1.54) is 43.8 Å². The van der Waals surface area contributed by atoms with Gasteiger partial charge in [0.15, 0.2) is 0 Å². The highest BCUT2D eigenvalue weighted by Gasteiger charge is 2.24. The largest absolute Gasteiger partial charge is 0.466 e. The maximum absolute atomic E-state index is 12.9. The number of rotatable bonds is 6. The van der Waals surface area contributed by atoms with Crippen molar-refractivity contribution in [1.82, 2.24) is 9.97 Å². The van der Waals surface area contributed by atoms with Gasteiger partial charge in [0.05, 0.1) is 12.7 Å². The topological polar surface area (TPSA) is 90.4 Å². The SMILES string of the molecule is COC(=O)[C@H](Oc1ncc(C(=O)Nc2ccc(F)cc2)cn1)c1ccccc1. The summed E-state index contributed by atoms with van der Waals surface area (Å²) in [6, 6.07) is 14.0. The van der Waals surface area contributed by atoms with Gasteiger partial charge in [-0.15, -0.1) is 0 Å². The van der Waals surface area contributed by atoms with Gasteiger partial charge in [0.25, 0.3) is 5.91 Å². The molecule has 0 unspecified atom stereocenters. The monoisotopic (exact) mass is 381 g/mol. The fraction of sp³-hybridized carbons (Fsp3) is 0.100. The molecule has 0 saturated heterocycles. The predicted molar refractivity (Wildman–Crippen MR) is 98.2 cm³/mol. The maximum atomic E-state index is 12.9. The van der Waals surface area contributed by atoms with Crippen LogP contribution in [-0.2, 0) is 9.53 Å². The number of amides is 1. The Hall–Kier alpha value is -3.81. The van der Waals surface area contributed by atoms with Gasteiger partial charge in [-0.25, -0.2) is 19.2 Å². The molecule has 0 radical (unpaired) electrons. The van der Waals surface area contributed by atoms with Crippen molar-refractivity contribution in [3.05, 3.63) is 83.9 Å². The summed E-state index contributed by atoms with van der Waals surface area (Å²) < 4.78 is 23.2. The zero-order valence-corrected chi connectivity index (χ0v) is 14.8. The molecule has 1 heterocycles. The Morgan fingerprint density at radius 2 is 1.64 bits per heavy atom. The summed E-state index contributed by atoms with van der Waals surface area (Å²) >= 11 is 0. The molecule has 0 aliphatic carbocycles. The Bertz CT molecular complexity index is 947. The van der Waals surface area contributed by atoms with Gasteiger partial charge in [0, 0.05) is 23.6 Å². The summed E-state index contributed by atoms with van der Waals surface area (Å²) in [6.07, 6.45) is 1.49. The Kier molecular flexibility index (Phi) is 5.91. The quantitative estimate of drug-likeness (QED) is 0.660. The number of hydrogen-bond donors (Lipinski definition) is 1. The molecule has 1 N–H and O–H groups in total. The van der Waals surface area contributed by atoms with Crippen molar-refractivity contribution in [2.75, 3.05) is 12.4 Å². The summed E-state index contributed by atoms with van der Waals surface area (Å²) in [6.45, 7) is 0. The van der Waals surface area contributed by atoms with Crippen molar-refractivity contribution in [2.45, 2.75) is 6.10 Å². The van der Waals surface area contributed by atoms with Crippen LogP contribution in [0.3, 0.4) is 0 Å². The van der Waals surface area contributed by atoms with Crippen molar-refractivity contribution in [1.29, 1.82) is 0 Å². The first kappa shape index (κ1) is 19.0. The number of halogens is 1. The van der Waals surface area contributed by atoms with E-state index in [0.717, 1.165) is 0 Å². The van der Waals surface area contributed by atoms with Gasteiger partial charge < -0.3 is 14.8 Å². The van der Waals surface area contributed by atoms with E-state index in [0.29, 0.717) is 11.3 Å². The van der Waals surface area contributed by atoms with Crippen LogP contribution in [0.2, 0.25) is 0 Å². The average Bonchev–Trinajstić information content (AvgIpc) is 2.74. The van der Waals surface area contributed by atoms with E-state index in [9.17, 15) is 14.0 Å². The number of methoxy groups -OCH3 is 1. The summed E-state index contributed by atoms with van der Waals surface area (Å²) in [5.41, 5.74) is 1.18. The number of anilines is 1. The zero-order chi connectivity index (χ0) is 19.9. The van der Waals surface area contributed by atoms with Gasteiger partial charge in [-0.2, -0.15) is 0 Å². The molecule has 3 aromatic rings. The number of carbonyl (C=O) groups excluding carboxylic acids is 2. The molecule has 0 fully saturated rings. The Morgan fingerprint density at radius 3 is 2.25 bits per heavy atom. The van der Waals surface area contributed by atoms with Crippen LogP contribution in [0.5, 0.6) is 6.01 Å². The zero-order valence-electron chi connectivity index (χ0n) is 14.8. The lowest BCUT2D eigenvalue weighted by atomic mass is 10.1. The second kappa shape index (κ2) is 8.72. The van der Waals surface area contributed by atoms with Crippen molar-refractivity contribution in [2.24, 2.45) is 0 Å². The highest BCUT2D eigenvalue weighted by molar-refractivity contribution is 6.03. The Morgan fingerprint density at radius 1 is 1.00 bits per heavy atom. The Labute approximate surface area is 160 Å². The van der Waals surface area contributed by atoms with E-state index in [-0.39, 0.29) is 11.6 Å². The van der Waals surface area contributed by atoms with Gasteiger partial charge in [0.1, 0.15) is 5.82 Å². The van der Waals surface area contributed by atoms with Crippen LogP contribution >= 0.6 is 0 Å². The lowest BCUT2D eigenvalue weighted by Crippen LogP contribution is -2.21. The molecule has 0 saturated carbocycles. The van der Waals surface area contributed by atoms with Gasteiger partial charge >= 0.3 is 12.0 Å². The smallest absolute Gasteiger partial charge is 0.351 e. The van der Waals surface area contributed by atoms with Gasteiger partial charge in [0.2, 0.25) is 6.10 Å². The van der Waals surface area contributed by atoms with E-state index in [1.807, 2.05) is 6.07 Å². The van der Waals surface area contributed by atoms with Crippen molar-refractivity contribution in [3.8, 4) is 6.01 Å². The summed E-state index contributed by atoms with van der Waals surface area (Å²) in [5.74, 6) is -1.47. The second-order valence-electron chi connectivity index (χ2n) is 5.65. The molecule has 0 spiro atoms. The fourth-order valence-corrected chi connectivity index (χ4v) is 2.32. The standard InChI is InChI=1S/C20H16FN3O4/c1-27-19(26)17(13-5-3-2-4-6-13)28-20-22-11-14(12-23-20)18(25)24-16-9-7-15(21)8-10-16/h2-12,17H,1H3,(H,24,25)/t17-/m1/s1. The molecular formula is C20H16FN3O4. The summed E-state index contributed by atoms with van der Waals surface area (Å²) in [5, 5.41) is 2.60. The average molecular weight is 381 g/mol. The van der Waals surface area contributed by atoms with Crippen LogP contribution in [0.4, 0.5) is 10.1 Å². The summed E-state index contributed by atoms with van der Waals surface area (Å²) in [7, 11) is 1.26. The van der Waals surface area contributed by atoms with Crippen molar-refractivity contribution < 1.29 is 23.5 Å². The third-order valence-electron chi connectivity index (χ3n) is 3.73. The number of nitrogens with one attached hydrogen (secondary N) is 1. The molecule has 7 nitrogen and oxygen atoms in total. The molecule has 0 aliphatic heterocycles. The van der Waals surface area contributed by atoms with Gasteiger partial charge in [-0.3, -0.25) is 4.79 Å². The third-order valence-corrected chi connectivity index (χ3v) is 3.73. The number of carbonyl (C=O) groups is 2. The van der Waals surface area contributed by atoms with Crippen LogP contribution in [-0.4, -0.2) is 29.0 Å². The molecule has 8 heteroatoms. The number of ether oxygens (including phenoxy) is 2. The second-order valence-corrected chi connectivity index (χ2v) is 5.65. The first-order valence-electron chi connectivity index (χ1n) is 8.25. The molecule has 0 bridgehead atoms. The molecular weight excluding hydrogens is 365 g/mol. The number of nitrogens with zero attached hydrogens (tertiary/aromatic N) is 2. The molecule has 3 rings (SSSR count). The van der Waals surface area contributed by atoms with E-state index >= 15 is 0 Å². The minimum atomic E-state index is -1.04. The predicted octanol–water partition coefficient (Wildman–Crippen LogP) is 3.16. The van der Waals surface area contributed by atoms with Gasteiger partial charge in [-0.1, -0.05) is 30.3 Å². The lowest BCUT2D eigenvalue weighted by Gasteiger charge is -2.15. The molecule has 2 aromatic carbocycles. The van der Waals surface area contributed by atoms with E-state index < -0.39 is 23.8 Å². The maximum Gasteiger partial charge on any atom is 0.351 e. The first-order chi connectivity index (χ1) is 13.6. The molecule has 142 valence electrons. The highest BCUT2D eigenvalue weighted by atomic mass is 19.1. The lowest BCUT2D eigenvalue weighted by molar-refractivity contribution is -0.149. The Balaban J connectivity index is 1.71. The van der Waals surface area contributed by atoms with Crippen molar-refractivity contribution >= 4 is 17.6 Å². The highest BCUT2D eigenvalue weighted by Crippen LogP contribution is 2.20. The van der Waals surface area contributed by atoms with Crippen LogP contribution in [0.15, 0.2) is 67.0 Å². The van der Waals surface area contributed by atoms with E-state index in [4.69, 9.17) is 9.47 Å².